The molecule has 126 valence electrons. The molecule has 0 atom stereocenters. The van der Waals surface area contributed by atoms with Crippen molar-refractivity contribution < 1.29 is 4.79 Å². The average molecular weight is 346 g/mol. The minimum atomic E-state index is -0.0144. The summed E-state index contributed by atoms with van der Waals surface area (Å²) in [6.07, 6.45) is 5.63. The molecule has 1 aromatic heterocycles. The molecule has 7 heteroatoms. The summed E-state index contributed by atoms with van der Waals surface area (Å²) in [5, 5.41) is 3.42. The Morgan fingerprint density at radius 2 is 1.96 bits per heavy atom. The lowest BCUT2D eigenvalue weighted by Crippen LogP contribution is -2.47. The van der Waals surface area contributed by atoms with Gasteiger partial charge in [-0.2, -0.15) is 0 Å². The van der Waals surface area contributed by atoms with Crippen molar-refractivity contribution in [2.45, 2.75) is 6.42 Å². The number of rotatable bonds is 5. The van der Waals surface area contributed by atoms with E-state index in [2.05, 4.69) is 25.1 Å². The lowest BCUT2D eigenvalue weighted by atomic mass is 10.2. The van der Waals surface area contributed by atoms with Crippen molar-refractivity contribution in [3.05, 3.63) is 47.9 Å². The van der Waals surface area contributed by atoms with E-state index in [1.807, 2.05) is 12.1 Å². The first-order chi connectivity index (χ1) is 11.7. The summed E-state index contributed by atoms with van der Waals surface area (Å²) >= 11 is 6.05. The van der Waals surface area contributed by atoms with Gasteiger partial charge in [0, 0.05) is 51.5 Å². The number of carbonyl (C=O) groups is 1. The number of halogens is 1. The van der Waals surface area contributed by atoms with Crippen molar-refractivity contribution in [3.63, 3.8) is 0 Å². The molecule has 1 amide bonds. The number of carbonyl (C=O) groups excluding carboxylic acids is 1. The maximum Gasteiger partial charge on any atom is 0.225 e. The van der Waals surface area contributed by atoms with E-state index in [9.17, 15) is 4.79 Å². The summed E-state index contributed by atoms with van der Waals surface area (Å²) in [7, 11) is 0. The number of nitrogens with one attached hydrogen (secondary N) is 1. The topological polar surface area (TPSA) is 61.4 Å². The fourth-order valence-electron chi connectivity index (χ4n) is 2.69. The monoisotopic (exact) mass is 345 g/mol. The Morgan fingerprint density at radius 1 is 1.17 bits per heavy atom. The van der Waals surface area contributed by atoms with Gasteiger partial charge in [0.15, 0.2) is 0 Å². The Morgan fingerprint density at radius 3 is 2.67 bits per heavy atom. The van der Waals surface area contributed by atoms with Crippen LogP contribution in [0.1, 0.15) is 6.42 Å². The number of nitrogens with zero attached hydrogens (tertiary/aromatic N) is 4. The zero-order chi connectivity index (χ0) is 16.8. The van der Waals surface area contributed by atoms with Crippen LogP contribution in [-0.2, 0) is 4.79 Å². The Balaban J connectivity index is 1.42. The van der Waals surface area contributed by atoms with Crippen LogP contribution in [0.5, 0.6) is 0 Å². The highest BCUT2D eigenvalue weighted by molar-refractivity contribution is 6.33. The number of piperazine rings is 1. The van der Waals surface area contributed by atoms with E-state index in [4.69, 9.17) is 11.6 Å². The second-order valence-corrected chi connectivity index (χ2v) is 6.08. The smallest absolute Gasteiger partial charge is 0.225 e. The van der Waals surface area contributed by atoms with Crippen LogP contribution >= 0.6 is 11.6 Å². The summed E-state index contributed by atoms with van der Waals surface area (Å²) < 4.78 is 0. The molecular weight excluding hydrogens is 326 g/mol. The SMILES string of the molecule is O=C(CCN1CCN(c2cnccn2)CC1)Nc1ccccc1Cl. The molecule has 2 aromatic rings. The van der Waals surface area contributed by atoms with Gasteiger partial charge in [0.2, 0.25) is 5.91 Å². The molecule has 0 aliphatic carbocycles. The minimum absolute atomic E-state index is 0.0144. The molecule has 0 unspecified atom stereocenters. The molecule has 1 saturated heterocycles. The van der Waals surface area contributed by atoms with Crippen molar-refractivity contribution in [2.24, 2.45) is 0 Å². The fraction of sp³-hybridized carbons (Fsp3) is 0.353. The van der Waals surface area contributed by atoms with Gasteiger partial charge in [0.05, 0.1) is 16.9 Å². The lowest BCUT2D eigenvalue weighted by molar-refractivity contribution is -0.116. The molecule has 3 rings (SSSR count). The molecule has 0 bridgehead atoms. The van der Waals surface area contributed by atoms with E-state index in [1.54, 1.807) is 30.7 Å². The third-order valence-corrected chi connectivity index (χ3v) is 4.38. The summed E-state index contributed by atoms with van der Waals surface area (Å²) in [4.78, 5) is 25.0. The van der Waals surface area contributed by atoms with Gasteiger partial charge in [-0.15, -0.1) is 0 Å². The van der Waals surface area contributed by atoms with Gasteiger partial charge in [0.1, 0.15) is 5.82 Å². The van der Waals surface area contributed by atoms with E-state index in [-0.39, 0.29) is 5.91 Å². The van der Waals surface area contributed by atoms with E-state index < -0.39 is 0 Å². The van der Waals surface area contributed by atoms with Crippen LogP contribution < -0.4 is 10.2 Å². The number of anilines is 2. The van der Waals surface area contributed by atoms with E-state index in [0.29, 0.717) is 17.1 Å². The van der Waals surface area contributed by atoms with Crippen molar-refractivity contribution in [2.75, 3.05) is 42.9 Å². The highest BCUT2D eigenvalue weighted by atomic mass is 35.5. The van der Waals surface area contributed by atoms with E-state index in [1.165, 1.54) is 0 Å². The molecule has 1 fully saturated rings. The molecule has 1 aromatic carbocycles. The summed E-state index contributed by atoms with van der Waals surface area (Å²) in [5.74, 6) is 0.896. The standard InChI is InChI=1S/C17H20ClN5O/c18-14-3-1-2-4-15(14)21-17(24)5-8-22-9-11-23(12-10-22)16-13-19-6-7-20-16/h1-4,6-7,13H,5,8-12H2,(H,21,24). The van der Waals surface area contributed by atoms with Crippen molar-refractivity contribution >= 4 is 29.0 Å². The van der Waals surface area contributed by atoms with E-state index in [0.717, 1.165) is 38.5 Å². The van der Waals surface area contributed by atoms with Crippen molar-refractivity contribution in [1.82, 2.24) is 14.9 Å². The molecule has 0 spiro atoms. The number of aromatic nitrogens is 2. The molecule has 1 aliphatic heterocycles. The van der Waals surface area contributed by atoms with Crippen LogP contribution in [0, 0.1) is 0 Å². The van der Waals surface area contributed by atoms with Crippen LogP contribution in [0.4, 0.5) is 11.5 Å². The number of amides is 1. The molecule has 1 aliphatic rings. The first kappa shape index (κ1) is 16.7. The third kappa shape index (κ3) is 4.43. The Hall–Kier alpha value is -2.18. The second-order valence-electron chi connectivity index (χ2n) is 5.67. The van der Waals surface area contributed by atoms with Crippen LogP contribution in [0.25, 0.3) is 0 Å². The Kier molecular flexibility index (Phi) is 5.61. The molecule has 6 nitrogen and oxygen atoms in total. The normalized spacial score (nSPS) is 15.3. The van der Waals surface area contributed by atoms with Crippen LogP contribution in [-0.4, -0.2) is 53.5 Å². The molecule has 0 radical (unpaired) electrons. The third-order valence-electron chi connectivity index (χ3n) is 4.05. The summed E-state index contributed by atoms with van der Waals surface area (Å²) in [6, 6.07) is 7.27. The Labute approximate surface area is 146 Å². The van der Waals surface area contributed by atoms with E-state index >= 15 is 0 Å². The van der Waals surface area contributed by atoms with Gasteiger partial charge in [-0.3, -0.25) is 14.7 Å². The van der Waals surface area contributed by atoms with Gasteiger partial charge in [-0.1, -0.05) is 23.7 Å². The molecular formula is C17H20ClN5O. The predicted octanol–water partition coefficient (Wildman–Crippen LogP) is 2.28. The first-order valence-corrected chi connectivity index (χ1v) is 8.38. The van der Waals surface area contributed by atoms with Gasteiger partial charge < -0.3 is 10.2 Å². The van der Waals surface area contributed by atoms with Gasteiger partial charge in [0.25, 0.3) is 0 Å². The van der Waals surface area contributed by atoms with Gasteiger partial charge >= 0.3 is 0 Å². The highest BCUT2D eigenvalue weighted by Crippen LogP contribution is 2.20. The van der Waals surface area contributed by atoms with Crippen LogP contribution in [0.2, 0.25) is 5.02 Å². The van der Waals surface area contributed by atoms with Crippen molar-refractivity contribution in [1.29, 1.82) is 0 Å². The summed E-state index contributed by atoms with van der Waals surface area (Å²) in [6.45, 7) is 4.35. The van der Waals surface area contributed by atoms with Crippen molar-refractivity contribution in [3.8, 4) is 0 Å². The highest BCUT2D eigenvalue weighted by Gasteiger charge is 2.18. The molecule has 1 N–H and O–H groups in total. The molecule has 24 heavy (non-hydrogen) atoms. The first-order valence-electron chi connectivity index (χ1n) is 8.00. The number of hydrogen-bond acceptors (Lipinski definition) is 5. The maximum absolute atomic E-state index is 12.1. The number of benzene rings is 1. The van der Waals surface area contributed by atoms with Gasteiger partial charge in [-0.05, 0) is 12.1 Å². The maximum atomic E-state index is 12.1. The molecule has 2 heterocycles. The quantitative estimate of drug-likeness (QED) is 0.900. The largest absolute Gasteiger partial charge is 0.353 e. The second kappa shape index (κ2) is 8.08. The predicted molar refractivity (Wildman–Crippen MR) is 95.4 cm³/mol. The average Bonchev–Trinajstić information content (AvgIpc) is 2.63. The number of para-hydroxylation sites is 1. The van der Waals surface area contributed by atoms with Crippen LogP contribution in [0.15, 0.2) is 42.9 Å². The van der Waals surface area contributed by atoms with Crippen LogP contribution in [0.3, 0.4) is 0 Å². The molecule has 0 saturated carbocycles. The fourth-order valence-corrected chi connectivity index (χ4v) is 2.87. The van der Waals surface area contributed by atoms with Gasteiger partial charge in [-0.25, -0.2) is 4.98 Å². The zero-order valence-electron chi connectivity index (χ0n) is 13.4. The zero-order valence-corrected chi connectivity index (χ0v) is 14.1. The summed E-state index contributed by atoms with van der Waals surface area (Å²) in [5.41, 5.74) is 0.664. The number of hydrogen-bond donors (Lipinski definition) is 1. The Bertz CT molecular complexity index is 674. The lowest BCUT2D eigenvalue weighted by Gasteiger charge is -2.35. The minimum Gasteiger partial charge on any atom is -0.353 e.